The van der Waals surface area contributed by atoms with Crippen molar-refractivity contribution >= 4 is 11.8 Å². The first kappa shape index (κ1) is 31.7. The highest BCUT2D eigenvalue weighted by atomic mass is 19.4. The third kappa shape index (κ3) is 10.3. The van der Waals surface area contributed by atoms with Crippen LogP contribution in [0.15, 0.2) is 54.6 Å². The number of rotatable bonds is 13. The number of aromatic nitrogens is 4. The lowest BCUT2D eigenvalue weighted by atomic mass is 10.2. The van der Waals surface area contributed by atoms with Gasteiger partial charge < -0.3 is 26.1 Å². The number of pyridine rings is 1. The summed E-state index contributed by atoms with van der Waals surface area (Å²) in [6, 6.07) is 5.98. The average molecular weight is 598 g/mol. The Kier molecular flexibility index (Phi) is 10.7. The number of nitrogens with one attached hydrogen (secondary N) is 2. The molecule has 2 aromatic heterocycles. The number of hydrazine groups is 1. The Balaban J connectivity index is 1.43. The van der Waals surface area contributed by atoms with Gasteiger partial charge in [0.2, 0.25) is 0 Å². The molecule has 0 aliphatic heterocycles. The molecule has 3 rings (SSSR count). The molecule has 1 aromatic carbocycles. The number of ether oxygens (including phenoxy) is 1. The van der Waals surface area contributed by atoms with E-state index in [0.717, 1.165) is 40.7 Å². The maximum atomic E-state index is 14.5. The second kappa shape index (κ2) is 14.2. The number of aryl methyl sites for hydroxylation is 2. The molecule has 1 atom stereocenters. The van der Waals surface area contributed by atoms with Gasteiger partial charge in [0.25, 0.3) is 11.8 Å². The van der Waals surface area contributed by atoms with E-state index in [4.69, 9.17) is 11.6 Å². The van der Waals surface area contributed by atoms with Crippen molar-refractivity contribution in [1.82, 2.24) is 35.6 Å². The third-order valence-corrected chi connectivity index (χ3v) is 5.53. The molecule has 3 aromatic rings. The van der Waals surface area contributed by atoms with Crippen molar-refractivity contribution in [1.29, 1.82) is 0 Å². The molecule has 1 unspecified atom stereocenters. The van der Waals surface area contributed by atoms with Crippen LogP contribution in [0.5, 0.6) is 5.75 Å². The molecule has 226 valence electrons. The van der Waals surface area contributed by atoms with Gasteiger partial charge in [0.1, 0.15) is 23.4 Å². The van der Waals surface area contributed by atoms with Crippen molar-refractivity contribution in [2.45, 2.75) is 45.5 Å². The predicted octanol–water partition coefficient (Wildman–Crippen LogP) is 1.97. The van der Waals surface area contributed by atoms with E-state index in [-0.39, 0.29) is 43.0 Å². The molecule has 0 spiro atoms. The largest absolute Gasteiger partial charge is 0.573 e. The zero-order valence-corrected chi connectivity index (χ0v) is 22.2. The number of nitrogens with two attached hydrogens (primary N) is 2. The first-order valence-corrected chi connectivity index (χ1v) is 12.3. The summed E-state index contributed by atoms with van der Waals surface area (Å²) in [5.41, 5.74) is 6.68. The van der Waals surface area contributed by atoms with Gasteiger partial charge in [-0.1, -0.05) is 11.3 Å². The molecule has 2 heterocycles. The molecule has 6 N–H and O–H groups in total. The monoisotopic (exact) mass is 597 g/mol. The van der Waals surface area contributed by atoms with Crippen molar-refractivity contribution < 1.29 is 36.3 Å². The highest BCUT2D eigenvalue weighted by Gasteiger charge is 2.31. The lowest BCUT2D eigenvalue weighted by molar-refractivity contribution is -0.274. The molecule has 0 saturated carbocycles. The van der Waals surface area contributed by atoms with Gasteiger partial charge in [0.05, 0.1) is 12.7 Å². The molecule has 0 fully saturated rings. The van der Waals surface area contributed by atoms with Gasteiger partial charge in [-0.3, -0.25) is 19.3 Å². The van der Waals surface area contributed by atoms with Crippen LogP contribution in [0.3, 0.4) is 0 Å². The van der Waals surface area contributed by atoms with Gasteiger partial charge in [-0.05, 0) is 36.8 Å². The minimum Gasteiger partial charge on any atom is -0.406 e. The van der Waals surface area contributed by atoms with Crippen LogP contribution in [0.4, 0.5) is 22.0 Å². The number of amides is 2. The fourth-order valence-electron chi connectivity index (χ4n) is 3.43. The van der Waals surface area contributed by atoms with Gasteiger partial charge in [-0.15, -0.1) is 18.3 Å². The second-order valence-electron chi connectivity index (χ2n) is 9.01. The third-order valence-electron chi connectivity index (χ3n) is 5.53. The van der Waals surface area contributed by atoms with Gasteiger partial charge in [0, 0.05) is 49.7 Å². The van der Waals surface area contributed by atoms with E-state index < -0.39 is 42.5 Å². The first-order valence-electron chi connectivity index (χ1n) is 12.3. The molecule has 42 heavy (non-hydrogen) atoms. The Morgan fingerprint density at radius 1 is 1.19 bits per heavy atom. The SMILES string of the molecule is Cc1ccc(CNC(=O)/C(N)=C/N(N)CC(F)CCn2cc(C(=O)NCc3cc(OC(F)(F)F)ccc3F)nn2)cn1. The number of halogens is 5. The Hall–Kier alpha value is -4.80. The normalized spacial score (nSPS) is 12.5. The molecule has 0 aliphatic rings. The highest BCUT2D eigenvalue weighted by Crippen LogP contribution is 2.24. The van der Waals surface area contributed by atoms with E-state index in [1.54, 1.807) is 18.3 Å². The van der Waals surface area contributed by atoms with Crippen molar-refractivity contribution in [2.24, 2.45) is 11.6 Å². The number of hydrogen-bond donors (Lipinski definition) is 4. The molecular formula is C25H28F5N9O3. The summed E-state index contributed by atoms with van der Waals surface area (Å²) in [7, 11) is 0. The van der Waals surface area contributed by atoms with Gasteiger partial charge >= 0.3 is 6.36 Å². The summed E-state index contributed by atoms with van der Waals surface area (Å²) in [5.74, 6) is 2.87. The van der Waals surface area contributed by atoms with Crippen LogP contribution in [0.1, 0.15) is 33.7 Å². The van der Waals surface area contributed by atoms with Crippen LogP contribution in [0.25, 0.3) is 0 Å². The van der Waals surface area contributed by atoms with Gasteiger partial charge in [-0.25, -0.2) is 14.6 Å². The maximum Gasteiger partial charge on any atom is 0.573 e. The molecule has 12 nitrogen and oxygen atoms in total. The van der Waals surface area contributed by atoms with Crippen LogP contribution in [-0.4, -0.2) is 55.9 Å². The van der Waals surface area contributed by atoms with Crippen molar-refractivity contribution in [3.05, 3.63) is 83.0 Å². The Labute approximate surface area is 236 Å². The Bertz CT molecular complexity index is 1400. The number of alkyl halides is 4. The van der Waals surface area contributed by atoms with Crippen molar-refractivity contribution in [2.75, 3.05) is 6.54 Å². The molecule has 2 amide bonds. The summed E-state index contributed by atoms with van der Waals surface area (Å²) >= 11 is 0. The van der Waals surface area contributed by atoms with E-state index in [0.29, 0.717) is 0 Å². The van der Waals surface area contributed by atoms with Crippen LogP contribution in [-0.2, 0) is 24.4 Å². The zero-order chi connectivity index (χ0) is 30.9. The molecular weight excluding hydrogens is 569 g/mol. The van der Waals surface area contributed by atoms with E-state index in [1.165, 1.54) is 10.9 Å². The topological polar surface area (TPSA) is 166 Å². The molecule has 0 saturated heterocycles. The Morgan fingerprint density at radius 2 is 1.95 bits per heavy atom. The quantitative estimate of drug-likeness (QED) is 0.0997. The number of carbonyl (C=O) groups is 2. The first-order chi connectivity index (χ1) is 19.8. The van der Waals surface area contributed by atoms with Crippen molar-refractivity contribution in [3.63, 3.8) is 0 Å². The zero-order valence-electron chi connectivity index (χ0n) is 22.2. The standard InChI is InChI=1S/C25H28F5N9O3/c1-15-2-3-16(9-33-15)10-34-23(40)21(31)13-38(32)12-18(26)6-7-39-14-22(36-37-39)24(41)35-11-17-8-19(4-5-20(17)27)42-25(28,29)30/h2-5,8-9,13-14,18H,6-7,10-12,31-32H2,1H3,(H,34,40)(H,35,41)/b21-13-. The van der Waals surface area contributed by atoms with Gasteiger partial charge in [-0.2, -0.15) is 0 Å². The van der Waals surface area contributed by atoms with E-state index in [9.17, 15) is 31.5 Å². The summed E-state index contributed by atoms with van der Waals surface area (Å²) in [6.45, 7) is 1.27. The van der Waals surface area contributed by atoms with Crippen LogP contribution in [0, 0.1) is 12.7 Å². The number of carbonyl (C=O) groups excluding carboxylic acids is 2. The summed E-state index contributed by atoms with van der Waals surface area (Å²) in [5, 5.41) is 13.2. The molecule has 17 heteroatoms. The smallest absolute Gasteiger partial charge is 0.406 e. The number of hydrogen-bond acceptors (Lipinski definition) is 9. The summed E-state index contributed by atoms with van der Waals surface area (Å²) in [6.07, 6.45) is -2.59. The summed E-state index contributed by atoms with van der Waals surface area (Å²) < 4.78 is 70.5. The average Bonchev–Trinajstić information content (AvgIpc) is 3.40. The lowest BCUT2D eigenvalue weighted by Gasteiger charge is -2.17. The van der Waals surface area contributed by atoms with Gasteiger partial charge in [0.15, 0.2) is 5.69 Å². The van der Waals surface area contributed by atoms with E-state index >= 15 is 0 Å². The highest BCUT2D eigenvalue weighted by molar-refractivity contribution is 5.92. The number of benzene rings is 1. The lowest BCUT2D eigenvalue weighted by Crippen LogP contribution is -2.36. The molecule has 0 bridgehead atoms. The van der Waals surface area contributed by atoms with Crippen molar-refractivity contribution in [3.8, 4) is 5.75 Å². The Morgan fingerprint density at radius 3 is 2.64 bits per heavy atom. The summed E-state index contributed by atoms with van der Waals surface area (Å²) in [4.78, 5) is 28.6. The van der Waals surface area contributed by atoms with Crippen LogP contribution < -0.4 is 26.9 Å². The van der Waals surface area contributed by atoms with E-state index in [2.05, 4.69) is 30.7 Å². The fraction of sp³-hybridized carbons (Fsp3) is 0.320. The minimum absolute atomic E-state index is 0.00497. The second-order valence-corrected chi connectivity index (χ2v) is 9.01. The maximum absolute atomic E-state index is 14.5. The van der Waals surface area contributed by atoms with Crippen LogP contribution >= 0.6 is 0 Å². The number of nitrogens with zero attached hydrogens (tertiary/aromatic N) is 5. The van der Waals surface area contributed by atoms with E-state index in [1.807, 2.05) is 6.92 Å². The van der Waals surface area contributed by atoms with Crippen LogP contribution in [0.2, 0.25) is 0 Å². The molecule has 0 aliphatic carbocycles. The fourth-order valence-corrected chi connectivity index (χ4v) is 3.43. The predicted molar refractivity (Wildman–Crippen MR) is 138 cm³/mol. The minimum atomic E-state index is -4.96. The molecule has 0 radical (unpaired) electrons.